The van der Waals surface area contributed by atoms with Crippen molar-refractivity contribution in [2.75, 3.05) is 4.90 Å². The molecule has 32 heavy (non-hydrogen) atoms. The molecule has 0 saturated heterocycles. The van der Waals surface area contributed by atoms with E-state index in [-0.39, 0.29) is 23.6 Å². The van der Waals surface area contributed by atoms with Gasteiger partial charge in [0.25, 0.3) is 5.91 Å². The van der Waals surface area contributed by atoms with Crippen LogP contribution < -0.4 is 10.2 Å². The Morgan fingerprint density at radius 3 is 2.41 bits per heavy atom. The second kappa shape index (κ2) is 10.2. The highest BCUT2D eigenvalue weighted by Crippen LogP contribution is 2.30. The number of hydrogen-bond acceptors (Lipinski definition) is 4. The van der Waals surface area contributed by atoms with Gasteiger partial charge in [-0.3, -0.25) is 24.5 Å². The van der Waals surface area contributed by atoms with Crippen molar-refractivity contribution in [3.8, 4) is 0 Å². The zero-order chi connectivity index (χ0) is 22.3. The standard InChI is InChI=1S/C26H28N4O2/c1-19-12-14-20(15-13-19)24(25(31)29-21-8-3-2-4-9-21)30(22-10-7-16-27-18-22)26(32)23-11-5-6-17-28-23/h5-7,10-18,21,24H,2-4,8-9H2,1H3,(H,29,31). The fourth-order valence-electron chi connectivity index (χ4n) is 4.19. The number of nitrogens with one attached hydrogen (secondary N) is 1. The summed E-state index contributed by atoms with van der Waals surface area (Å²) in [7, 11) is 0. The Morgan fingerprint density at radius 2 is 1.75 bits per heavy atom. The van der Waals surface area contributed by atoms with Gasteiger partial charge in [0.1, 0.15) is 11.7 Å². The topological polar surface area (TPSA) is 75.2 Å². The molecular formula is C26H28N4O2. The second-order valence-corrected chi connectivity index (χ2v) is 8.26. The van der Waals surface area contributed by atoms with Gasteiger partial charge < -0.3 is 5.32 Å². The normalized spacial score (nSPS) is 15.0. The zero-order valence-electron chi connectivity index (χ0n) is 18.3. The average molecular weight is 429 g/mol. The van der Waals surface area contributed by atoms with Gasteiger partial charge in [0.2, 0.25) is 5.91 Å². The van der Waals surface area contributed by atoms with Gasteiger partial charge in [-0.05, 0) is 49.6 Å². The molecule has 0 radical (unpaired) electrons. The van der Waals surface area contributed by atoms with E-state index in [0.717, 1.165) is 36.8 Å². The van der Waals surface area contributed by atoms with E-state index >= 15 is 0 Å². The highest BCUT2D eigenvalue weighted by Gasteiger charge is 2.35. The van der Waals surface area contributed by atoms with Crippen molar-refractivity contribution < 1.29 is 9.59 Å². The van der Waals surface area contributed by atoms with E-state index < -0.39 is 6.04 Å². The first-order valence-corrected chi connectivity index (χ1v) is 11.1. The highest BCUT2D eigenvalue weighted by molar-refractivity contribution is 6.09. The summed E-state index contributed by atoms with van der Waals surface area (Å²) < 4.78 is 0. The number of aryl methyl sites for hydroxylation is 1. The SMILES string of the molecule is Cc1ccc(C(C(=O)NC2CCCCC2)N(C(=O)c2ccccn2)c2cccnc2)cc1. The lowest BCUT2D eigenvalue weighted by Gasteiger charge is -2.33. The molecule has 1 N–H and O–H groups in total. The average Bonchev–Trinajstić information content (AvgIpc) is 2.84. The van der Waals surface area contributed by atoms with E-state index in [1.807, 2.05) is 31.2 Å². The van der Waals surface area contributed by atoms with Crippen molar-refractivity contribution in [1.29, 1.82) is 0 Å². The largest absolute Gasteiger partial charge is 0.351 e. The lowest BCUT2D eigenvalue weighted by molar-refractivity contribution is -0.123. The van der Waals surface area contributed by atoms with Crippen LogP contribution in [-0.2, 0) is 4.79 Å². The van der Waals surface area contributed by atoms with Gasteiger partial charge in [-0.15, -0.1) is 0 Å². The summed E-state index contributed by atoms with van der Waals surface area (Å²) in [6, 6.07) is 15.8. The lowest BCUT2D eigenvalue weighted by atomic mass is 9.94. The van der Waals surface area contributed by atoms with E-state index in [0.29, 0.717) is 5.69 Å². The van der Waals surface area contributed by atoms with Crippen molar-refractivity contribution in [3.63, 3.8) is 0 Å². The van der Waals surface area contributed by atoms with Gasteiger partial charge in [0.15, 0.2) is 0 Å². The van der Waals surface area contributed by atoms with E-state index in [1.165, 1.54) is 11.3 Å². The van der Waals surface area contributed by atoms with Gasteiger partial charge in [-0.2, -0.15) is 0 Å². The number of aromatic nitrogens is 2. The minimum Gasteiger partial charge on any atom is -0.351 e. The fraction of sp³-hybridized carbons (Fsp3) is 0.308. The van der Waals surface area contributed by atoms with Crippen molar-refractivity contribution in [1.82, 2.24) is 15.3 Å². The van der Waals surface area contributed by atoms with Crippen LogP contribution in [0.4, 0.5) is 5.69 Å². The Balaban J connectivity index is 1.77. The maximum atomic E-state index is 13.7. The summed E-state index contributed by atoms with van der Waals surface area (Å²) in [4.78, 5) is 37.3. The molecule has 1 saturated carbocycles. The quantitative estimate of drug-likeness (QED) is 0.622. The number of hydrogen-bond donors (Lipinski definition) is 1. The van der Waals surface area contributed by atoms with Crippen LogP contribution in [0.1, 0.15) is 59.8 Å². The second-order valence-electron chi connectivity index (χ2n) is 8.26. The summed E-state index contributed by atoms with van der Waals surface area (Å²) in [6.45, 7) is 2.00. The summed E-state index contributed by atoms with van der Waals surface area (Å²) >= 11 is 0. The molecule has 1 atom stereocenters. The fourth-order valence-corrected chi connectivity index (χ4v) is 4.19. The van der Waals surface area contributed by atoms with Gasteiger partial charge in [0, 0.05) is 18.4 Å². The Morgan fingerprint density at radius 1 is 0.969 bits per heavy atom. The van der Waals surface area contributed by atoms with Gasteiger partial charge >= 0.3 is 0 Å². The third-order valence-electron chi connectivity index (χ3n) is 5.88. The van der Waals surface area contributed by atoms with Crippen molar-refractivity contribution >= 4 is 17.5 Å². The molecule has 6 heteroatoms. The third kappa shape index (κ3) is 5.02. The number of carbonyl (C=O) groups excluding carboxylic acids is 2. The predicted octanol–water partition coefficient (Wildman–Crippen LogP) is 4.62. The van der Waals surface area contributed by atoms with Crippen LogP contribution in [0.25, 0.3) is 0 Å². The first-order valence-electron chi connectivity index (χ1n) is 11.1. The molecule has 1 unspecified atom stereocenters. The Labute approximate surface area is 188 Å². The van der Waals surface area contributed by atoms with E-state index in [2.05, 4.69) is 15.3 Å². The molecule has 164 valence electrons. The molecule has 6 nitrogen and oxygen atoms in total. The van der Waals surface area contributed by atoms with Crippen molar-refractivity contribution in [2.24, 2.45) is 0 Å². The summed E-state index contributed by atoms with van der Waals surface area (Å²) in [5.41, 5.74) is 2.66. The van der Waals surface area contributed by atoms with Crippen LogP contribution in [0.3, 0.4) is 0 Å². The van der Waals surface area contributed by atoms with E-state index in [1.54, 1.807) is 48.9 Å². The molecule has 2 amide bonds. The third-order valence-corrected chi connectivity index (χ3v) is 5.88. The molecule has 0 aliphatic heterocycles. The molecule has 2 aromatic heterocycles. The lowest BCUT2D eigenvalue weighted by Crippen LogP contribution is -2.47. The number of rotatable bonds is 6. The van der Waals surface area contributed by atoms with Crippen LogP contribution >= 0.6 is 0 Å². The summed E-state index contributed by atoms with van der Waals surface area (Å²) in [5, 5.41) is 3.21. The predicted molar refractivity (Wildman–Crippen MR) is 124 cm³/mol. The van der Waals surface area contributed by atoms with Crippen molar-refractivity contribution in [2.45, 2.75) is 51.1 Å². The van der Waals surface area contributed by atoms with Crippen LogP contribution in [0.5, 0.6) is 0 Å². The molecule has 1 aliphatic rings. The highest BCUT2D eigenvalue weighted by atomic mass is 16.2. The van der Waals surface area contributed by atoms with Gasteiger partial charge in [-0.25, -0.2) is 0 Å². The summed E-state index contributed by atoms with van der Waals surface area (Å²) in [5.74, 6) is -0.531. The molecule has 3 aromatic rings. The smallest absolute Gasteiger partial charge is 0.277 e. The first-order chi connectivity index (χ1) is 15.6. The molecule has 2 heterocycles. The number of nitrogens with zero attached hydrogens (tertiary/aromatic N) is 3. The molecule has 4 rings (SSSR count). The molecule has 0 spiro atoms. The van der Waals surface area contributed by atoms with Crippen LogP contribution in [-0.4, -0.2) is 27.8 Å². The van der Waals surface area contributed by atoms with Crippen molar-refractivity contribution in [3.05, 3.63) is 90.0 Å². The molecule has 1 aromatic carbocycles. The minimum atomic E-state index is -0.837. The van der Waals surface area contributed by atoms with Crippen LogP contribution in [0.15, 0.2) is 73.2 Å². The van der Waals surface area contributed by atoms with E-state index in [4.69, 9.17) is 0 Å². The maximum absolute atomic E-state index is 13.7. The first kappa shape index (κ1) is 21.7. The number of carbonyl (C=O) groups is 2. The van der Waals surface area contributed by atoms with Crippen LogP contribution in [0, 0.1) is 6.92 Å². The Bertz CT molecular complexity index is 1030. The number of benzene rings is 1. The maximum Gasteiger partial charge on any atom is 0.277 e. The zero-order valence-corrected chi connectivity index (χ0v) is 18.3. The minimum absolute atomic E-state index is 0.130. The Kier molecular flexibility index (Phi) is 6.90. The number of anilines is 1. The monoisotopic (exact) mass is 428 g/mol. The number of amides is 2. The molecular weight excluding hydrogens is 400 g/mol. The molecule has 1 fully saturated rings. The van der Waals surface area contributed by atoms with E-state index in [9.17, 15) is 9.59 Å². The van der Waals surface area contributed by atoms with Crippen LogP contribution in [0.2, 0.25) is 0 Å². The number of pyridine rings is 2. The van der Waals surface area contributed by atoms with Gasteiger partial charge in [-0.1, -0.05) is 55.2 Å². The Hall–Kier alpha value is -3.54. The molecule has 1 aliphatic carbocycles. The summed E-state index contributed by atoms with van der Waals surface area (Å²) in [6.07, 6.45) is 10.2. The molecule has 0 bridgehead atoms. The van der Waals surface area contributed by atoms with Gasteiger partial charge in [0.05, 0.1) is 11.9 Å².